The molecule has 0 bridgehead atoms. The highest BCUT2D eigenvalue weighted by Gasteiger charge is 2.24. The van der Waals surface area contributed by atoms with Gasteiger partial charge in [0.15, 0.2) is 6.29 Å². The van der Waals surface area contributed by atoms with Crippen molar-refractivity contribution in [1.29, 1.82) is 0 Å². The van der Waals surface area contributed by atoms with Gasteiger partial charge in [0, 0.05) is 12.6 Å². The highest BCUT2D eigenvalue weighted by Crippen LogP contribution is 2.15. The third-order valence-corrected chi connectivity index (χ3v) is 5.17. The van der Waals surface area contributed by atoms with E-state index in [0.29, 0.717) is 6.04 Å². The van der Waals surface area contributed by atoms with Gasteiger partial charge in [-0.3, -0.25) is 10.3 Å². The number of hydrogen-bond donors (Lipinski definition) is 2. The normalized spacial score (nSPS) is 21.4. The maximum Gasteiger partial charge on any atom is 0.172 e. The highest BCUT2D eigenvalue weighted by atomic mass is 15.6. The molecule has 2 aromatic carbocycles. The number of anilines is 1. The number of piperidine rings is 1. The van der Waals surface area contributed by atoms with Crippen LogP contribution in [0.1, 0.15) is 18.4 Å². The molecule has 136 valence electrons. The van der Waals surface area contributed by atoms with Crippen LogP contribution in [-0.2, 0) is 6.42 Å². The number of benzene rings is 2. The minimum atomic E-state index is -0.0314. The van der Waals surface area contributed by atoms with Crippen LogP contribution >= 0.6 is 0 Å². The molecule has 0 amide bonds. The summed E-state index contributed by atoms with van der Waals surface area (Å²) in [5.74, 6) is 0. The van der Waals surface area contributed by atoms with Gasteiger partial charge in [0.25, 0.3) is 0 Å². The molecule has 2 heterocycles. The van der Waals surface area contributed by atoms with Crippen LogP contribution in [0.25, 0.3) is 0 Å². The van der Waals surface area contributed by atoms with E-state index in [-0.39, 0.29) is 6.29 Å². The van der Waals surface area contributed by atoms with Crippen molar-refractivity contribution in [2.24, 2.45) is 4.99 Å². The van der Waals surface area contributed by atoms with Gasteiger partial charge in [0.1, 0.15) is 6.34 Å². The molecule has 0 radical (unpaired) electrons. The Kier molecular flexibility index (Phi) is 5.59. The van der Waals surface area contributed by atoms with E-state index in [0.717, 1.165) is 31.7 Å². The van der Waals surface area contributed by atoms with Crippen molar-refractivity contribution in [2.75, 3.05) is 24.6 Å². The second-order valence-corrected chi connectivity index (χ2v) is 7.02. The van der Waals surface area contributed by atoms with Gasteiger partial charge in [0.05, 0.1) is 5.69 Å². The van der Waals surface area contributed by atoms with E-state index in [1.165, 1.54) is 18.4 Å². The fraction of sp³-hybridized carbons (Fsp3) is 0.381. The summed E-state index contributed by atoms with van der Waals surface area (Å²) in [6, 6.07) is 21.5. The summed E-state index contributed by atoms with van der Waals surface area (Å²) in [6.45, 7) is 3.46. The molecule has 1 unspecified atom stereocenters. The Morgan fingerprint density at radius 2 is 1.65 bits per heavy atom. The first kappa shape index (κ1) is 17.2. The number of aliphatic imine (C=N–C) groups is 1. The zero-order valence-corrected chi connectivity index (χ0v) is 15.1. The lowest BCUT2D eigenvalue weighted by Gasteiger charge is -2.33. The molecule has 26 heavy (non-hydrogen) atoms. The Morgan fingerprint density at radius 3 is 2.38 bits per heavy atom. The quantitative estimate of drug-likeness (QED) is 0.841. The molecule has 0 saturated carbocycles. The first-order valence-electron chi connectivity index (χ1n) is 9.53. The van der Waals surface area contributed by atoms with Gasteiger partial charge in [0.2, 0.25) is 0 Å². The van der Waals surface area contributed by atoms with Crippen LogP contribution < -0.4 is 15.8 Å². The Balaban J connectivity index is 1.18. The van der Waals surface area contributed by atoms with Crippen LogP contribution in [0.2, 0.25) is 0 Å². The second-order valence-electron chi connectivity index (χ2n) is 7.02. The number of nitrogens with zero attached hydrogens (tertiary/aromatic N) is 3. The Bertz CT molecular complexity index is 695. The molecule has 5 nitrogen and oxygen atoms in total. The lowest BCUT2D eigenvalue weighted by molar-refractivity contribution is 0.190. The molecule has 5 heteroatoms. The molecule has 0 aliphatic carbocycles. The van der Waals surface area contributed by atoms with E-state index < -0.39 is 0 Å². The molecule has 4 rings (SSSR count). The number of hydrogen-bond acceptors (Lipinski definition) is 5. The van der Waals surface area contributed by atoms with Crippen molar-refractivity contribution in [3.63, 3.8) is 0 Å². The third-order valence-electron chi connectivity index (χ3n) is 5.17. The van der Waals surface area contributed by atoms with Crippen molar-refractivity contribution in [2.45, 2.75) is 31.6 Å². The van der Waals surface area contributed by atoms with Crippen LogP contribution in [0.4, 0.5) is 5.69 Å². The maximum atomic E-state index is 4.55. The molecule has 2 aliphatic rings. The molecule has 2 aromatic rings. The molecular formula is C21H27N5. The fourth-order valence-corrected chi connectivity index (χ4v) is 3.62. The average Bonchev–Trinajstić information content (AvgIpc) is 3.17. The molecule has 2 aliphatic heterocycles. The SMILES string of the molecule is C1=NC(NC2CCN(CCc3ccccc3)CC2)NN1c1ccccc1. The summed E-state index contributed by atoms with van der Waals surface area (Å²) < 4.78 is 0. The van der Waals surface area contributed by atoms with Crippen molar-refractivity contribution >= 4 is 12.0 Å². The second kappa shape index (κ2) is 8.45. The van der Waals surface area contributed by atoms with Crippen molar-refractivity contribution in [3.05, 3.63) is 66.2 Å². The van der Waals surface area contributed by atoms with E-state index in [1.54, 1.807) is 0 Å². The van der Waals surface area contributed by atoms with Crippen molar-refractivity contribution in [3.8, 4) is 0 Å². The minimum absolute atomic E-state index is 0.0314. The summed E-state index contributed by atoms with van der Waals surface area (Å²) in [6.07, 6.45) is 5.32. The summed E-state index contributed by atoms with van der Waals surface area (Å²) >= 11 is 0. The van der Waals surface area contributed by atoms with Crippen LogP contribution in [0.3, 0.4) is 0 Å². The summed E-state index contributed by atoms with van der Waals surface area (Å²) in [7, 11) is 0. The van der Waals surface area contributed by atoms with Gasteiger partial charge < -0.3 is 4.90 Å². The first-order valence-corrected chi connectivity index (χ1v) is 9.53. The predicted octanol–water partition coefficient (Wildman–Crippen LogP) is 2.62. The molecular weight excluding hydrogens is 322 g/mol. The average molecular weight is 349 g/mol. The van der Waals surface area contributed by atoms with E-state index >= 15 is 0 Å². The molecule has 0 aromatic heterocycles. The lowest BCUT2D eigenvalue weighted by atomic mass is 10.0. The summed E-state index contributed by atoms with van der Waals surface area (Å²) in [4.78, 5) is 7.12. The van der Waals surface area contributed by atoms with Gasteiger partial charge in [-0.2, -0.15) is 5.43 Å². The Hall–Kier alpha value is -2.21. The van der Waals surface area contributed by atoms with E-state index in [4.69, 9.17) is 0 Å². The zero-order valence-electron chi connectivity index (χ0n) is 15.1. The smallest absolute Gasteiger partial charge is 0.172 e. The highest BCUT2D eigenvalue weighted by molar-refractivity contribution is 5.79. The summed E-state index contributed by atoms with van der Waals surface area (Å²) in [5, 5.41) is 5.61. The van der Waals surface area contributed by atoms with Gasteiger partial charge in [-0.15, -0.1) is 0 Å². The van der Waals surface area contributed by atoms with Crippen LogP contribution in [0.5, 0.6) is 0 Å². The van der Waals surface area contributed by atoms with E-state index in [2.05, 4.69) is 63.1 Å². The fourth-order valence-electron chi connectivity index (χ4n) is 3.62. The monoisotopic (exact) mass is 349 g/mol. The number of rotatable bonds is 6. The van der Waals surface area contributed by atoms with E-state index in [9.17, 15) is 0 Å². The van der Waals surface area contributed by atoms with Crippen molar-refractivity contribution < 1.29 is 0 Å². The number of nitrogens with one attached hydrogen (secondary N) is 2. The standard InChI is InChI=1S/C21H27N5/c1-3-7-18(8-4-1)11-14-25-15-12-19(13-16-25)23-21-22-17-26(24-21)20-9-5-2-6-10-20/h1-10,17,19,21,23-24H,11-16H2. The van der Waals surface area contributed by atoms with Gasteiger partial charge in [-0.05, 0) is 50.0 Å². The number of likely N-dealkylation sites (tertiary alicyclic amines) is 1. The summed E-state index contributed by atoms with van der Waals surface area (Å²) in [5.41, 5.74) is 5.94. The van der Waals surface area contributed by atoms with Crippen LogP contribution in [0.15, 0.2) is 65.7 Å². The van der Waals surface area contributed by atoms with Crippen LogP contribution in [0, 0.1) is 0 Å². The maximum absolute atomic E-state index is 4.55. The van der Waals surface area contributed by atoms with E-state index in [1.807, 2.05) is 29.5 Å². The molecule has 1 fully saturated rings. The molecule has 2 N–H and O–H groups in total. The van der Waals surface area contributed by atoms with Gasteiger partial charge >= 0.3 is 0 Å². The Labute approximate surface area is 155 Å². The third kappa shape index (κ3) is 4.49. The minimum Gasteiger partial charge on any atom is -0.303 e. The largest absolute Gasteiger partial charge is 0.303 e. The number of hydrazine groups is 1. The lowest BCUT2D eigenvalue weighted by Crippen LogP contribution is -2.51. The first-order chi connectivity index (χ1) is 12.9. The number of para-hydroxylation sites is 1. The van der Waals surface area contributed by atoms with Crippen molar-refractivity contribution in [1.82, 2.24) is 15.6 Å². The molecule has 1 saturated heterocycles. The van der Waals surface area contributed by atoms with Gasteiger partial charge in [-0.25, -0.2) is 4.99 Å². The van der Waals surface area contributed by atoms with Gasteiger partial charge in [-0.1, -0.05) is 48.5 Å². The topological polar surface area (TPSA) is 42.9 Å². The van der Waals surface area contributed by atoms with Crippen LogP contribution in [-0.4, -0.2) is 43.2 Å². The predicted molar refractivity (Wildman–Crippen MR) is 107 cm³/mol. The molecule has 1 atom stereocenters. The molecule has 0 spiro atoms. The zero-order chi connectivity index (χ0) is 17.6. The Morgan fingerprint density at radius 1 is 0.962 bits per heavy atom.